The van der Waals surface area contributed by atoms with Crippen molar-refractivity contribution in [3.63, 3.8) is 0 Å². The van der Waals surface area contributed by atoms with Gasteiger partial charge < -0.3 is 5.11 Å². The average molecular weight is 511 g/mol. The molecule has 0 spiro atoms. The molecule has 1 aromatic carbocycles. The molecular formula is C16H19I2NO2. The largest absolute Gasteiger partial charge is 0.481 e. The number of aliphatic carboxylic acids is 1. The molecule has 1 aromatic rings. The van der Waals surface area contributed by atoms with Gasteiger partial charge in [-0.15, -0.1) is 0 Å². The molecule has 0 saturated carbocycles. The van der Waals surface area contributed by atoms with Crippen molar-refractivity contribution in [2.75, 3.05) is 0 Å². The molecule has 3 nitrogen and oxygen atoms in total. The van der Waals surface area contributed by atoms with E-state index < -0.39 is 5.97 Å². The second kappa shape index (κ2) is 6.93. The van der Waals surface area contributed by atoms with Gasteiger partial charge in [0.25, 0.3) is 0 Å². The zero-order chi connectivity index (χ0) is 15.6. The molecule has 0 aromatic heterocycles. The minimum absolute atomic E-state index is 0.000575. The summed E-state index contributed by atoms with van der Waals surface area (Å²) in [6.45, 7) is 4.38. The van der Waals surface area contributed by atoms with E-state index in [0.717, 1.165) is 31.4 Å². The van der Waals surface area contributed by atoms with Gasteiger partial charge in [-0.1, -0.05) is 19.8 Å². The fraction of sp³-hybridized carbons (Fsp3) is 0.500. The van der Waals surface area contributed by atoms with Crippen LogP contribution in [-0.4, -0.2) is 16.8 Å². The summed E-state index contributed by atoms with van der Waals surface area (Å²) >= 11 is 4.74. The molecule has 5 heteroatoms. The van der Waals surface area contributed by atoms with Crippen LogP contribution in [-0.2, 0) is 10.2 Å². The molecule has 1 aliphatic rings. The number of aliphatic imine (C=N–C) groups is 1. The van der Waals surface area contributed by atoms with Crippen molar-refractivity contribution in [2.24, 2.45) is 4.99 Å². The molecule has 114 valence electrons. The van der Waals surface area contributed by atoms with E-state index in [1.54, 1.807) is 0 Å². The van der Waals surface area contributed by atoms with E-state index in [-0.39, 0.29) is 11.8 Å². The normalized spacial score (nSPS) is 20.3. The molecule has 1 atom stereocenters. The number of unbranched alkanes of at least 4 members (excludes halogenated alkanes) is 2. The maximum absolute atomic E-state index is 10.6. The minimum atomic E-state index is -0.700. The van der Waals surface area contributed by atoms with Crippen LogP contribution in [0.25, 0.3) is 0 Å². The first-order valence-electron chi connectivity index (χ1n) is 7.11. The zero-order valence-electron chi connectivity index (χ0n) is 12.2. The van der Waals surface area contributed by atoms with Gasteiger partial charge in [0.05, 0.1) is 5.69 Å². The molecule has 2 rings (SSSR count). The third-order valence-electron chi connectivity index (χ3n) is 4.24. The maximum atomic E-state index is 10.6. The van der Waals surface area contributed by atoms with Crippen molar-refractivity contribution in [2.45, 2.75) is 51.4 Å². The fourth-order valence-electron chi connectivity index (χ4n) is 2.92. The smallest absolute Gasteiger partial charge is 0.303 e. The second-order valence-electron chi connectivity index (χ2n) is 5.77. The topological polar surface area (TPSA) is 49.7 Å². The Bertz CT molecular complexity index is 598. The van der Waals surface area contributed by atoms with Gasteiger partial charge in [-0.05, 0) is 77.1 Å². The molecule has 0 radical (unpaired) electrons. The van der Waals surface area contributed by atoms with E-state index in [0.29, 0.717) is 0 Å². The Hall–Kier alpha value is -0.180. The summed E-state index contributed by atoms with van der Waals surface area (Å²) in [6, 6.07) is 4.36. The van der Waals surface area contributed by atoms with Crippen molar-refractivity contribution in [1.29, 1.82) is 0 Å². The van der Waals surface area contributed by atoms with Crippen molar-refractivity contribution in [3.05, 3.63) is 24.8 Å². The van der Waals surface area contributed by atoms with E-state index in [2.05, 4.69) is 71.2 Å². The van der Waals surface area contributed by atoms with Crippen LogP contribution >= 0.6 is 45.2 Å². The Balaban J connectivity index is 2.10. The summed E-state index contributed by atoms with van der Waals surface area (Å²) in [5.74, 6) is -0.700. The van der Waals surface area contributed by atoms with Gasteiger partial charge in [0.15, 0.2) is 0 Å². The minimum Gasteiger partial charge on any atom is -0.481 e. The lowest BCUT2D eigenvalue weighted by molar-refractivity contribution is -0.137. The molecule has 0 fully saturated rings. The number of halogens is 2. The Labute approximate surface area is 152 Å². The third-order valence-corrected chi connectivity index (χ3v) is 5.71. The number of nitrogens with zero attached hydrogens (tertiary/aromatic N) is 1. The van der Waals surface area contributed by atoms with Crippen LogP contribution in [0, 0.1) is 7.14 Å². The van der Waals surface area contributed by atoms with Crippen molar-refractivity contribution < 1.29 is 9.90 Å². The van der Waals surface area contributed by atoms with Gasteiger partial charge in [-0.2, -0.15) is 0 Å². The number of fused-ring (bicyclic) bond motifs is 1. The van der Waals surface area contributed by atoms with Gasteiger partial charge in [-0.25, -0.2) is 0 Å². The van der Waals surface area contributed by atoms with E-state index in [1.807, 2.05) is 0 Å². The van der Waals surface area contributed by atoms with Crippen LogP contribution in [0.2, 0.25) is 0 Å². The first-order valence-corrected chi connectivity index (χ1v) is 9.27. The summed E-state index contributed by atoms with van der Waals surface area (Å²) in [7, 11) is 0. The average Bonchev–Trinajstić information content (AvgIpc) is 2.60. The summed E-state index contributed by atoms with van der Waals surface area (Å²) in [5, 5.41) is 8.69. The fourth-order valence-corrected chi connectivity index (χ4v) is 5.33. The number of benzene rings is 1. The number of rotatable bonds is 6. The van der Waals surface area contributed by atoms with Gasteiger partial charge >= 0.3 is 5.97 Å². The van der Waals surface area contributed by atoms with Crippen LogP contribution in [0.15, 0.2) is 17.1 Å². The predicted molar refractivity (Wildman–Crippen MR) is 103 cm³/mol. The summed E-state index contributed by atoms with van der Waals surface area (Å²) < 4.78 is 2.50. The second-order valence-corrected chi connectivity index (χ2v) is 8.17. The van der Waals surface area contributed by atoms with Gasteiger partial charge in [0, 0.05) is 30.3 Å². The molecule has 21 heavy (non-hydrogen) atoms. The first kappa shape index (κ1) is 17.2. The van der Waals surface area contributed by atoms with E-state index >= 15 is 0 Å². The lowest BCUT2D eigenvalue weighted by atomic mass is 9.76. The van der Waals surface area contributed by atoms with Crippen molar-refractivity contribution in [3.8, 4) is 0 Å². The van der Waals surface area contributed by atoms with Gasteiger partial charge in [0.1, 0.15) is 0 Å². The standard InChI is InChI=1S/C16H19I2NO2/c1-10-16(2,7-5-3-4-6-14(20)21)15-12(18)8-11(17)9-13(15)19-10/h8-9H,3-7H2,1-2H3,(H,20,21). The van der Waals surface area contributed by atoms with Gasteiger partial charge in [0.2, 0.25) is 0 Å². The lowest BCUT2D eigenvalue weighted by Gasteiger charge is -2.27. The molecule has 0 aliphatic carbocycles. The summed E-state index contributed by atoms with van der Waals surface area (Å²) in [5.41, 5.74) is 3.63. The zero-order valence-corrected chi connectivity index (χ0v) is 16.6. The predicted octanol–water partition coefficient (Wildman–Crippen LogP) is 5.29. The molecular weight excluding hydrogens is 492 g/mol. The summed E-state index contributed by atoms with van der Waals surface area (Å²) in [4.78, 5) is 15.3. The van der Waals surface area contributed by atoms with Crippen LogP contribution in [0.4, 0.5) is 5.69 Å². The van der Waals surface area contributed by atoms with Gasteiger partial charge in [-0.3, -0.25) is 9.79 Å². The highest BCUT2D eigenvalue weighted by Crippen LogP contribution is 2.46. The molecule has 1 aliphatic heterocycles. The number of hydrogen-bond donors (Lipinski definition) is 1. The summed E-state index contributed by atoms with van der Waals surface area (Å²) in [6.07, 6.45) is 4.07. The Morgan fingerprint density at radius 2 is 2.00 bits per heavy atom. The monoisotopic (exact) mass is 511 g/mol. The molecule has 1 unspecified atom stereocenters. The Morgan fingerprint density at radius 1 is 1.29 bits per heavy atom. The van der Waals surface area contributed by atoms with Crippen LogP contribution in [0.5, 0.6) is 0 Å². The van der Waals surface area contributed by atoms with Crippen molar-refractivity contribution in [1.82, 2.24) is 0 Å². The lowest BCUT2D eigenvalue weighted by Crippen LogP contribution is -2.28. The molecule has 1 N–H and O–H groups in total. The highest BCUT2D eigenvalue weighted by atomic mass is 127. The van der Waals surface area contributed by atoms with Crippen LogP contribution in [0.3, 0.4) is 0 Å². The van der Waals surface area contributed by atoms with E-state index in [1.165, 1.54) is 18.4 Å². The number of carboxylic acids is 1. The highest BCUT2D eigenvalue weighted by molar-refractivity contribution is 14.1. The maximum Gasteiger partial charge on any atom is 0.303 e. The van der Waals surface area contributed by atoms with E-state index in [9.17, 15) is 4.79 Å². The van der Waals surface area contributed by atoms with E-state index in [4.69, 9.17) is 10.1 Å². The highest BCUT2D eigenvalue weighted by Gasteiger charge is 2.38. The quantitative estimate of drug-likeness (QED) is 0.417. The van der Waals surface area contributed by atoms with Crippen LogP contribution < -0.4 is 0 Å². The third kappa shape index (κ3) is 3.78. The molecule has 1 heterocycles. The van der Waals surface area contributed by atoms with Crippen LogP contribution in [0.1, 0.15) is 51.5 Å². The number of hydrogen-bond acceptors (Lipinski definition) is 2. The molecule has 0 bridgehead atoms. The first-order chi connectivity index (χ1) is 9.84. The Morgan fingerprint density at radius 3 is 2.67 bits per heavy atom. The molecule has 0 saturated heterocycles. The number of carboxylic acid groups (broad SMARTS) is 1. The Kier molecular flexibility index (Phi) is 5.67. The number of carbonyl (C=O) groups is 1. The molecule has 0 amide bonds. The van der Waals surface area contributed by atoms with Crippen molar-refractivity contribution >= 4 is 62.6 Å². The SMILES string of the molecule is CC1=Nc2cc(I)cc(I)c2C1(C)CCCCCC(=O)O.